The highest BCUT2D eigenvalue weighted by Crippen LogP contribution is 2.39. The first-order chi connectivity index (χ1) is 15.0. The average Bonchev–Trinajstić information content (AvgIpc) is 3.41. The Labute approximate surface area is 183 Å². The molecule has 1 aliphatic heterocycles. The quantitative estimate of drug-likeness (QED) is 0.597. The van der Waals surface area contributed by atoms with E-state index in [1.165, 1.54) is 11.3 Å². The lowest BCUT2D eigenvalue weighted by molar-refractivity contribution is 0.0790. The minimum Gasteiger partial charge on any atom is -0.395 e. The Morgan fingerprint density at radius 1 is 1.29 bits per heavy atom. The van der Waals surface area contributed by atoms with Gasteiger partial charge in [-0.05, 0) is 18.1 Å². The van der Waals surface area contributed by atoms with Gasteiger partial charge in [0.2, 0.25) is 5.95 Å². The van der Waals surface area contributed by atoms with Crippen LogP contribution in [0, 0.1) is 0 Å². The predicted molar refractivity (Wildman–Crippen MR) is 119 cm³/mol. The molecule has 0 unspecified atom stereocenters. The molecule has 1 aliphatic rings. The van der Waals surface area contributed by atoms with Gasteiger partial charge >= 0.3 is 0 Å². The number of carbonyl (C=O) groups excluding carboxylic acids is 2. The molecular formula is C21H24N6O3S. The van der Waals surface area contributed by atoms with Gasteiger partial charge in [-0.3, -0.25) is 9.59 Å². The molecular weight excluding hydrogens is 416 g/mol. The first-order valence-electron chi connectivity index (χ1n) is 10.0. The van der Waals surface area contributed by atoms with Gasteiger partial charge in [0.05, 0.1) is 17.0 Å². The number of aromatic nitrogens is 3. The molecule has 1 fully saturated rings. The summed E-state index contributed by atoms with van der Waals surface area (Å²) in [5, 5.41) is 12.7. The van der Waals surface area contributed by atoms with Gasteiger partial charge in [-0.1, -0.05) is 6.07 Å². The van der Waals surface area contributed by atoms with Crippen LogP contribution < -0.4 is 10.2 Å². The molecule has 0 saturated carbocycles. The number of hydrogen-bond donors (Lipinski definition) is 2. The van der Waals surface area contributed by atoms with Crippen molar-refractivity contribution in [1.82, 2.24) is 25.2 Å². The number of likely N-dealkylation sites (tertiary alicyclic amines) is 1. The number of nitrogens with zero attached hydrogens (tertiary/aromatic N) is 5. The summed E-state index contributed by atoms with van der Waals surface area (Å²) in [4.78, 5) is 43.5. The Bertz CT molecular complexity index is 1100. The Kier molecular flexibility index (Phi) is 6.10. The number of fused-ring (bicyclic) bond motifs is 1. The van der Waals surface area contributed by atoms with E-state index < -0.39 is 0 Å². The van der Waals surface area contributed by atoms with E-state index >= 15 is 0 Å². The van der Waals surface area contributed by atoms with E-state index in [2.05, 4.69) is 20.3 Å². The largest absolute Gasteiger partial charge is 0.395 e. The standard InChI is InChI=1S/C21H24N6O3S/c1-26(2)21-24-10-14(11-25-21)20(30)27-8-5-13(12-27)16-15-4-3-6-23-19(15)31-17(16)18(29)22-7-9-28/h3-4,6,10-11,13,28H,5,7-9,12H2,1-2H3,(H,22,29)/t13-/m0/s1. The van der Waals surface area contributed by atoms with Crippen LogP contribution in [0.5, 0.6) is 0 Å². The zero-order chi connectivity index (χ0) is 22.0. The predicted octanol–water partition coefficient (Wildman–Crippen LogP) is 1.50. The van der Waals surface area contributed by atoms with Crippen LogP contribution in [0.25, 0.3) is 10.2 Å². The fourth-order valence-electron chi connectivity index (χ4n) is 3.80. The number of anilines is 1. The summed E-state index contributed by atoms with van der Waals surface area (Å²) in [6.45, 7) is 1.17. The monoisotopic (exact) mass is 440 g/mol. The zero-order valence-corrected chi connectivity index (χ0v) is 18.2. The van der Waals surface area contributed by atoms with Gasteiger partial charge in [0.25, 0.3) is 11.8 Å². The van der Waals surface area contributed by atoms with Crippen LogP contribution in [0.15, 0.2) is 30.7 Å². The summed E-state index contributed by atoms with van der Waals surface area (Å²) in [5.41, 5.74) is 1.38. The minimum atomic E-state index is -0.218. The molecule has 3 aromatic rings. The maximum atomic E-state index is 13.0. The minimum absolute atomic E-state index is 0.0266. The lowest BCUT2D eigenvalue weighted by Gasteiger charge is -2.17. The molecule has 0 aromatic carbocycles. The zero-order valence-electron chi connectivity index (χ0n) is 17.4. The van der Waals surface area contributed by atoms with E-state index in [9.17, 15) is 9.59 Å². The highest BCUT2D eigenvalue weighted by atomic mass is 32.1. The van der Waals surface area contributed by atoms with Crippen molar-refractivity contribution in [3.8, 4) is 0 Å². The summed E-state index contributed by atoms with van der Waals surface area (Å²) in [6, 6.07) is 3.82. The number of amides is 2. The number of hydrogen-bond acceptors (Lipinski definition) is 8. The lowest BCUT2D eigenvalue weighted by atomic mass is 9.95. The maximum Gasteiger partial charge on any atom is 0.261 e. The van der Waals surface area contributed by atoms with Crippen molar-refractivity contribution >= 4 is 39.3 Å². The van der Waals surface area contributed by atoms with E-state index in [1.54, 1.807) is 28.4 Å². The normalized spacial score (nSPS) is 16.0. The molecule has 9 nitrogen and oxygen atoms in total. The molecule has 0 bridgehead atoms. The van der Waals surface area contributed by atoms with E-state index in [1.807, 2.05) is 26.2 Å². The molecule has 1 saturated heterocycles. The molecule has 0 aliphatic carbocycles. The molecule has 1 atom stereocenters. The van der Waals surface area contributed by atoms with E-state index in [0.29, 0.717) is 29.5 Å². The smallest absolute Gasteiger partial charge is 0.261 e. The number of rotatable bonds is 6. The van der Waals surface area contributed by atoms with Crippen molar-refractivity contribution in [2.24, 2.45) is 0 Å². The second-order valence-corrected chi connectivity index (χ2v) is 8.58. The van der Waals surface area contributed by atoms with Crippen molar-refractivity contribution in [1.29, 1.82) is 0 Å². The first-order valence-corrected chi connectivity index (χ1v) is 10.9. The van der Waals surface area contributed by atoms with Crippen molar-refractivity contribution in [3.05, 3.63) is 46.7 Å². The van der Waals surface area contributed by atoms with E-state index in [-0.39, 0.29) is 30.9 Å². The molecule has 31 heavy (non-hydrogen) atoms. The van der Waals surface area contributed by atoms with Crippen molar-refractivity contribution in [2.75, 3.05) is 45.2 Å². The van der Waals surface area contributed by atoms with Crippen molar-refractivity contribution in [3.63, 3.8) is 0 Å². The lowest BCUT2D eigenvalue weighted by Crippen LogP contribution is -2.29. The van der Waals surface area contributed by atoms with Crippen LogP contribution >= 0.6 is 11.3 Å². The number of thiophene rings is 1. The number of nitrogens with one attached hydrogen (secondary N) is 1. The Morgan fingerprint density at radius 3 is 2.77 bits per heavy atom. The molecule has 10 heteroatoms. The van der Waals surface area contributed by atoms with Gasteiger partial charge in [0.15, 0.2) is 0 Å². The molecule has 4 rings (SSSR count). The van der Waals surface area contributed by atoms with Crippen LogP contribution in [0.1, 0.15) is 37.9 Å². The molecule has 162 valence electrons. The fraction of sp³-hybridized carbons (Fsp3) is 0.381. The second-order valence-electron chi connectivity index (χ2n) is 7.58. The highest BCUT2D eigenvalue weighted by Gasteiger charge is 2.33. The summed E-state index contributed by atoms with van der Waals surface area (Å²) in [7, 11) is 3.69. The summed E-state index contributed by atoms with van der Waals surface area (Å²) < 4.78 is 0. The van der Waals surface area contributed by atoms with Crippen LogP contribution in [-0.4, -0.2) is 77.1 Å². The number of aliphatic hydroxyl groups excluding tert-OH is 1. The third kappa shape index (κ3) is 4.21. The highest BCUT2D eigenvalue weighted by molar-refractivity contribution is 7.20. The summed E-state index contributed by atoms with van der Waals surface area (Å²) >= 11 is 1.35. The average molecular weight is 441 g/mol. The molecule has 4 heterocycles. The summed E-state index contributed by atoms with van der Waals surface area (Å²) in [6.07, 6.45) is 5.56. The number of pyridine rings is 1. The van der Waals surface area contributed by atoms with Crippen molar-refractivity contribution < 1.29 is 14.7 Å². The number of aliphatic hydroxyl groups is 1. The topological polar surface area (TPSA) is 112 Å². The molecule has 0 spiro atoms. The van der Waals surface area contributed by atoms with Gasteiger partial charge in [0, 0.05) is 63.6 Å². The van der Waals surface area contributed by atoms with Crippen LogP contribution in [0.3, 0.4) is 0 Å². The van der Waals surface area contributed by atoms with Crippen molar-refractivity contribution in [2.45, 2.75) is 12.3 Å². The molecule has 2 amide bonds. The number of carbonyl (C=O) groups is 2. The van der Waals surface area contributed by atoms with Crippen LogP contribution in [0.2, 0.25) is 0 Å². The SMILES string of the molecule is CN(C)c1ncc(C(=O)N2CC[C@H](c3c(C(=O)NCCO)sc4ncccc34)C2)cn1. The summed E-state index contributed by atoms with van der Waals surface area (Å²) in [5.74, 6) is 0.242. The van der Waals surface area contributed by atoms with Gasteiger partial charge in [0.1, 0.15) is 4.83 Å². The Hall–Kier alpha value is -3.11. The maximum absolute atomic E-state index is 13.0. The van der Waals surface area contributed by atoms with Gasteiger partial charge in [-0.15, -0.1) is 11.3 Å². The second kappa shape index (κ2) is 8.94. The van der Waals surface area contributed by atoms with Crippen LogP contribution in [0.4, 0.5) is 5.95 Å². The molecule has 0 radical (unpaired) electrons. The van der Waals surface area contributed by atoms with Crippen LogP contribution in [-0.2, 0) is 0 Å². The van der Waals surface area contributed by atoms with Gasteiger partial charge < -0.3 is 20.2 Å². The Morgan fingerprint density at radius 2 is 2.06 bits per heavy atom. The first kappa shape index (κ1) is 21.1. The third-order valence-corrected chi connectivity index (χ3v) is 6.41. The Balaban J connectivity index is 1.58. The third-order valence-electron chi connectivity index (χ3n) is 5.28. The fourth-order valence-corrected chi connectivity index (χ4v) is 4.95. The molecule has 2 N–H and O–H groups in total. The van der Waals surface area contributed by atoms with E-state index in [4.69, 9.17) is 5.11 Å². The molecule has 3 aromatic heterocycles. The van der Waals surface area contributed by atoms with Gasteiger partial charge in [-0.2, -0.15) is 0 Å². The van der Waals surface area contributed by atoms with Gasteiger partial charge in [-0.25, -0.2) is 15.0 Å². The van der Waals surface area contributed by atoms with E-state index in [0.717, 1.165) is 22.2 Å².